The second-order valence-electron chi connectivity index (χ2n) is 7.10. The molecule has 0 aliphatic carbocycles. The lowest BCUT2D eigenvalue weighted by atomic mass is 10.2. The zero-order chi connectivity index (χ0) is 18.9. The van der Waals surface area contributed by atoms with Gasteiger partial charge in [0.2, 0.25) is 5.91 Å². The molecule has 2 heterocycles. The topological polar surface area (TPSA) is 73.9 Å². The molecule has 0 aromatic heterocycles. The van der Waals surface area contributed by atoms with E-state index in [9.17, 15) is 9.59 Å². The minimum Gasteiger partial charge on any atom is -0.494 e. The van der Waals surface area contributed by atoms with Crippen LogP contribution in [0.3, 0.4) is 0 Å². The SMILES string of the molecule is O=C1CCN(c2ccc(OCCCCCCN3CCNCC3)cc2)C(=O)N1. The van der Waals surface area contributed by atoms with E-state index in [1.54, 1.807) is 4.90 Å². The molecule has 2 saturated heterocycles. The summed E-state index contributed by atoms with van der Waals surface area (Å²) in [7, 11) is 0. The van der Waals surface area contributed by atoms with Crippen molar-refractivity contribution in [3.05, 3.63) is 24.3 Å². The van der Waals surface area contributed by atoms with Crippen LogP contribution in [0.5, 0.6) is 5.75 Å². The fourth-order valence-corrected chi connectivity index (χ4v) is 3.45. The van der Waals surface area contributed by atoms with Crippen LogP contribution < -0.4 is 20.3 Å². The molecule has 3 amide bonds. The first-order chi connectivity index (χ1) is 13.2. The average molecular weight is 374 g/mol. The Hall–Kier alpha value is -2.12. The maximum absolute atomic E-state index is 11.8. The lowest BCUT2D eigenvalue weighted by Crippen LogP contribution is -2.49. The first-order valence-electron chi connectivity index (χ1n) is 10.00. The Balaban J connectivity index is 1.28. The van der Waals surface area contributed by atoms with Crippen molar-refractivity contribution >= 4 is 17.6 Å². The molecule has 0 saturated carbocycles. The Bertz CT molecular complexity index is 614. The molecular weight excluding hydrogens is 344 g/mol. The van der Waals surface area contributed by atoms with Gasteiger partial charge in [-0.25, -0.2) is 4.79 Å². The maximum atomic E-state index is 11.8. The lowest BCUT2D eigenvalue weighted by Gasteiger charge is -2.27. The van der Waals surface area contributed by atoms with Crippen LogP contribution >= 0.6 is 0 Å². The van der Waals surface area contributed by atoms with Crippen LogP contribution in [0.4, 0.5) is 10.5 Å². The summed E-state index contributed by atoms with van der Waals surface area (Å²) in [5.74, 6) is 0.595. The molecule has 0 radical (unpaired) electrons. The van der Waals surface area contributed by atoms with Crippen molar-refractivity contribution in [1.82, 2.24) is 15.5 Å². The number of nitrogens with zero attached hydrogens (tertiary/aromatic N) is 2. The molecule has 0 spiro atoms. The number of nitrogens with one attached hydrogen (secondary N) is 2. The van der Waals surface area contributed by atoms with Gasteiger partial charge in [0.05, 0.1) is 6.61 Å². The van der Waals surface area contributed by atoms with Gasteiger partial charge in [0.25, 0.3) is 0 Å². The Morgan fingerprint density at radius 3 is 2.41 bits per heavy atom. The molecule has 27 heavy (non-hydrogen) atoms. The number of hydrogen-bond donors (Lipinski definition) is 2. The van der Waals surface area contributed by atoms with Crippen LogP contribution in [0.25, 0.3) is 0 Å². The number of urea groups is 1. The average Bonchev–Trinajstić information content (AvgIpc) is 2.69. The van der Waals surface area contributed by atoms with E-state index in [2.05, 4.69) is 15.5 Å². The van der Waals surface area contributed by atoms with Gasteiger partial charge in [-0.15, -0.1) is 0 Å². The molecule has 2 N–H and O–H groups in total. The van der Waals surface area contributed by atoms with Gasteiger partial charge in [0, 0.05) is 44.8 Å². The highest BCUT2D eigenvalue weighted by Gasteiger charge is 2.23. The third-order valence-electron chi connectivity index (χ3n) is 5.05. The highest BCUT2D eigenvalue weighted by molar-refractivity contribution is 6.05. The van der Waals surface area contributed by atoms with Crippen LogP contribution in [0.2, 0.25) is 0 Å². The fourth-order valence-electron chi connectivity index (χ4n) is 3.45. The number of piperazine rings is 1. The standard InChI is InChI=1S/C20H30N4O3/c25-19-9-13-24(20(26)22-19)17-5-7-18(8-6-17)27-16-4-2-1-3-12-23-14-10-21-11-15-23/h5-8,21H,1-4,9-16H2,(H,22,25,26). The molecule has 7 nitrogen and oxygen atoms in total. The van der Waals surface area contributed by atoms with E-state index in [1.165, 1.54) is 38.9 Å². The van der Waals surface area contributed by atoms with Crippen LogP contribution in [0.15, 0.2) is 24.3 Å². The van der Waals surface area contributed by atoms with E-state index >= 15 is 0 Å². The molecule has 2 aliphatic heterocycles. The predicted molar refractivity (Wildman–Crippen MR) is 105 cm³/mol. The molecule has 2 fully saturated rings. The third kappa shape index (κ3) is 6.22. The van der Waals surface area contributed by atoms with E-state index in [1.807, 2.05) is 24.3 Å². The quantitative estimate of drug-likeness (QED) is 0.647. The summed E-state index contributed by atoms with van der Waals surface area (Å²) >= 11 is 0. The molecule has 3 rings (SSSR count). The van der Waals surface area contributed by atoms with Gasteiger partial charge in [-0.2, -0.15) is 0 Å². The number of carbonyl (C=O) groups is 2. The number of imide groups is 1. The number of carbonyl (C=O) groups excluding carboxylic acids is 2. The molecular formula is C20H30N4O3. The van der Waals surface area contributed by atoms with Gasteiger partial charge in [-0.3, -0.25) is 15.0 Å². The largest absolute Gasteiger partial charge is 0.494 e. The second kappa shape index (κ2) is 10.3. The molecule has 1 aromatic carbocycles. The van der Waals surface area contributed by atoms with Crippen molar-refractivity contribution in [2.24, 2.45) is 0 Å². The van der Waals surface area contributed by atoms with Crippen LogP contribution in [-0.4, -0.2) is 62.7 Å². The highest BCUT2D eigenvalue weighted by atomic mass is 16.5. The van der Waals surface area contributed by atoms with Crippen molar-refractivity contribution in [1.29, 1.82) is 0 Å². The zero-order valence-electron chi connectivity index (χ0n) is 15.9. The van der Waals surface area contributed by atoms with Crippen LogP contribution in [-0.2, 0) is 4.79 Å². The molecule has 2 aliphatic rings. The Labute approximate surface area is 161 Å². The summed E-state index contributed by atoms with van der Waals surface area (Å²) in [5, 5.41) is 5.71. The van der Waals surface area contributed by atoms with Crippen molar-refractivity contribution in [2.75, 3.05) is 50.8 Å². The summed E-state index contributed by atoms with van der Waals surface area (Å²) in [5.41, 5.74) is 0.778. The van der Waals surface area contributed by atoms with Crippen molar-refractivity contribution in [2.45, 2.75) is 32.1 Å². The number of hydrogen-bond acceptors (Lipinski definition) is 5. The minimum absolute atomic E-state index is 0.218. The van der Waals surface area contributed by atoms with Gasteiger partial charge in [0.15, 0.2) is 0 Å². The summed E-state index contributed by atoms with van der Waals surface area (Å²) in [4.78, 5) is 27.2. The fraction of sp³-hybridized carbons (Fsp3) is 0.600. The Morgan fingerprint density at radius 2 is 1.67 bits per heavy atom. The molecule has 148 valence electrons. The first-order valence-corrected chi connectivity index (χ1v) is 10.00. The molecule has 0 bridgehead atoms. The van der Waals surface area contributed by atoms with Gasteiger partial charge >= 0.3 is 6.03 Å². The van der Waals surface area contributed by atoms with Crippen molar-refractivity contribution < 1.29 is 14.3 Å². The summed E-state index contributed by atoms with van der Waals surface area (Å²) < 4.78 is 5.80. The predicted octanol–water partition coefficient (Wildman–Crippen LogP) is 1.98. The van der Waals surface area contributed by atoms with Crippen molar-refractivity contribution in [3.8, 4) is 5.75 Å². The molecule has 7 heteroatoms. The number of amides is 3. The number of anilines is 1. The second-order valence-corrected chi connectivity index (χ2v) is 7.10. The molecule has 0 atom stereocenters. The summed E-state index contributed by atoms with van der Waals surface area (Å²) in [6, 6.07) is 7.12. The van der Waals surface area contributed by atoms with Gasteiger partial charge in [-0.1, -0.05) is 12.8 Å². The van der Waals surface area contributed by atoms with E-state index in [0.29, 0.717) is 19.6 Å². The van der Waals surface area contributed by atoms with Gasteiger partial charge in [-0.05, 0) is 43.7 Å². The number of benzene rings is 1. The van der Waals surface area contributed by atoms with Gasteiger partial charge < -0.3 is 15.0 Å². The first kappa shape index (κ1) is 19.6. The van der Waals surface area contributed by atoms with E-state index in [0.717, 1.165) is 30.9 Å². The summed E-state index contributed by atoms with van der Waals surface area (Å²) in [6.45, 7) is 6.92. The lowest BCUT2D eigenvalue weighted by molar-refractivity contribution is -0.120. The maximum Gasteiger partial charge on any atom is 0.328 e. The Morgan fingerprint density at radius 1 is 0.926 bits per heavy atom. The normalized spacial score (nSPS) is 18.4. The number of rotatable bonds is 9. The number of ether oxygens (including phenoxy) is 1. The van der Waals surface area contributed by atoms with E-state index in [4.69, 9.17) is 4.74 Å². The molecule has 1 aromatic rings. The monoisotopic (exact) mass is 374 g/mol. The highest BCUT2D eigenvalue weighted by Crippen LogP contribution is 2.21. The zero-order valence-corrected chi connectivity index (χ0v) is 15.9. The Kier molecular flexibility index (Phi) is 7.47. The van der Waals surface area contributed by atoms with E-state index < -0.39 is 0 Å². The van der Waals surface area contributed by atoms with Crippen LogP contribution in [0, 0.1) is 0 Å². The third-order valence-corrected chi connectivity index (χ3v) is 5.05. The smallest absolute Gasteiger partial charge is 0.328 e. The molecule has 0 unspecified atom stereocenters. The van der Waals surface area contributed by atoms with Crippen LogP contribution in [0.1, 0.15) is 32.1 Å². The minimum atomic E-state index is -0.360. The van der Waals surface area contributed by atoms with Crippen molar-refractivity contribution in [3.63, 3.8) is 0 Å². The summed E-state index contributed by atoms with van der Waals surface area (Å²) in [6.07, 6.45) is 5.08. The number of unbranched alkanes of at least 4 members (excludes halogenated alkanes) is 3. The van der Waals surface area contributed by atoms with E-state index in [-0.39, 0.29) is 11.9 Å². The van der Waals surface area contributed by atoms with Gasteiger partial charge in [0.1, 0.15) is 5.75 Å².